The zero-order valence-electron chi connectivity index (χ0n) is 13.8. The molecule has 24 heavy (non-hydrogen) atoms. The molecule has 2 aromatic rings. The molecule has 0 unspecified atom stereocenters. The second kappa shape index (κ2) is 7.29. The van der Waals surface area contributed by atoms with Gasteiger partial charge in [0.25, 0.3) is 11.8 Å². The van der Waals surface area contributed by atoms with Gasteiger partial charge in [0.1, 0.15) is 0 Å². The van der Waals surface area contributed by atoms with Crippen LogP contribution in [0.15, 0.2) is 36.5 Å². The van der Waals surface area contributed by atoms with Gasteiger partial charge in [0.2, 0.25) is 0 Å². The number of nitrogens with zero attached hydrogens (tertiary/aromatic N) is 2. The van der Waals surface area contributed by atoms with Crippen molar-refractivity contribution in [1.82, 2.24) is 20.4 Å². The molecule has 1 fully saturated rings. The molecular formula is C18H22N4O2. The highest BCUT2D eigenvalue weighted by molar-refractivity contribution is 5.95. The lowest BCUT2D eigenvalue weighted by molar-refractivity contribution is 0.0670. The Morgan fingerprint density at radius 2 is 2.12 bits per heavy atom. The third kappa shape index (κ3) is 3.64. The monoisotopic (exact) mass is 326 g/mol. The van der Waals surface area contributed by atoms with E-state index in [9.17, 15) is 9.59 Å². The molecule has 1 atom stereocenters. The maximum absolute atomic E-state index is 12.6. The number of hydrogen-bond acceptors (Lipinski definition) is 3. The van der Waals surface area contributed by atoms with E-state index in [2.05, 4.69) is 15.5 Å². The number of aromatic amines is 1. The minimum Gasteiger partial charge on any atom is -0.352 e. The maximum Gasteiger partial charge on any atom is 0.257 e. The van der Waals surface area contributed by atoms with Crippen molar-refractivity contribution in [3.05, 3.63) is 53.3 Å². The summed E-state index contributed by atoms with van der Waals surface area (Å²) in [5, 5.41) is 9.70. The molecule has 0 saturated carbocycles. The number of nitrogens with one attached hydrogen (secondary N) is 2. The van der Waals surface area contributed by atoms with Gasteiger partial charge in [0, 0.05) is 30.9 Å². The number of benzene rings is 1. The lowest BCUT2D eigenvalue weighted by Gasteiger charge is -2.32. The van der Waals surface area contributed by atoms with Crippen molar-refractivity contribution in [2.24, 2.45) is 5.92 Å². The fraction of sp³-hybridized carbons (Fsp3) is 0.389. The molecule has 6 heteroatoms. The number of likely N-dealkylation sites (tertiary alicyclic amines) is 1. The Hall–Kier alpha value is -2.63. The smallest absolute Gasteiger partial charge is 0.257 e. The minimum atomic E-state index is -0.0651. The number of amides is 2. The fourth-order valence-electron chi connectivity index (χ4n) is 3.08. The van der Waals surface area contributed by atoms with Crippen LogP contribution >= 0.6 is 0 Å². The molecule has 0 bridgehead atoms. The summed E-state index contributed by atoms with van der Waals surface area (Å²) in [5.74, 6) is 0.229. The number of carbonyl (C=O) groups excluding carboxylic acids is 2. The summed E-state index contributed by atoms with van der Waals surface area (Å²) in [6.45, 7) is 3.86. The van der Waals surface area contributed by atoms with Crippen LogP contribution in [0.1, 0.15) is 39.3 Å². The summed E-state index contributed by atoms with van der Waals surface area (Å²) in [5.41, 5.74) is 2.08. The Bertz CT molecular complexity index is 711. The zero-order chi connectivity index (χ0) is 16.9. The highest BCUT2D eigenvalue weighted by Gasteiger charge is 2.26. The van der Waals surface area contributed by atoms with Crippen molar-refractivity contribution in [1.29, 1.82) is 0 Å². The maximum atomic E-state index is 12.6. The second-order valence-electron chi connectivity index (χ2n) is 6.24. The third-order valence-electron chi connectivity index (χ3n) is 4.45. The van der Waals surface area contributed by atoms with Crippen LogP contribution in [0.25, 0.3) is 0 Å². The van der Waals surface area contributed by atoms with E-state index >= 15 is 0 Å². The molecule has 1 aromatic carbocycles. The Balaban J connectivity index is 1.55. The molecule has 0 spiro atoms. The molecule has 2 N–H and O–H groups in total. The van der Waals surface area contributed by atoms with Crippen LogP contribution < -0.4 is 5.32 Å². The summed E-state index contributed by atoms with van der Waals surface area (Å²) >= 11 is 0. The van der Waals surface area contributed by atoms with Gasteiger partial charge in [-0.2, -0.15) is 5.10 Å². The third-order valence-corrected chi connectivity index (χ3v) is 4.45. The number of carbonyl (C=O) groups is 2. The average molecular weight is 326 g/mol. The van der Waals surface area contributed by atoms with Crippen molar-refractivity contribution in [2.45, 2.75) is 19.8 Å². The van der Waals surface area contributed by atoms with Crippen molar-refractivity contribution in [2.75, 3.05) is 19.6 Å². The predicted molar refractivity (Wildman–Crippen MR) is 90.7 cm³/mol. The first kappa shape index (κ1) is 16.2. The summed E-state index contributed by atoms with van der Waals surface area (Å²) in [6.07, 6.45) is 3.55. The quantitative estimate of drug-likeness (QED) is 0.902. The Kier molecular flexibility index (Phi) is 4.93. The molecule has 0 aliphatic carbocycles. The van der Waals surface area contributed by atoms with Crippen LogP contribution in [0.5, 0.6) is 0 Å². The molecule has 1 aromatic heterocycles. The van der Waals surface area contributed by atoms with E-state index in [-0.39, 0.29) is 17.7 Å². The summed E-state index contributed by atoms with van der Waals surface area (Å²) in [6, 6.07) is 9.19. The normalized spacial score (nSPS) is 17.5. The van der Waals surface area contributed by atoms with Gasteiger partial charge in [-0.05, 0) is 37.8 Å². The molecule has 1 aliphatic heterocycles. The van der Waals surface area contributed by atoms with Crippen LogP contribution in [0.2, 0.25) is 0 Å². The van der Waals surface area contributed by atoms with Crippen LogP contribution in [0.4, 0.5) is 0 Å². The number of aryl methyl sites for hydroxylation is 1. The van der Waals surface area contributed by atoms with Crippen LogP contribution in [0, 0.1) is 12.8 Å². The summed E-state index contributed by atoms with van der Waals surface area (Å²) in [4.78, 5) is 26.6. The van der Waals surface area contributed by atoms with Crippen molar-refractivity contribution >= 4 is 11.8 Å². The molecule has 2 amide bonds. The first-order chi connectivity index (χ1) is 11.6. The number of piperidine rings is 1. The predicted octanol–water partition coefficient (Wildman–Crippen LogP) is 2.00. The van der Waals surface area contributed by atoms with Gasteiger partial charge in [0.05, 0.1) is 11.8 Å². The molecule has 3 rings (SSSR count). The van der Waals surface area contributed by atoms with Gasteiger partial charge in [-0.15, -0.1) is 0 Å². The van der Waals surface area contributed by atoms with Crippen LogP contribution in [0.3, 0.4) is 0 Å². The standard InChI is InChI=1S/C18H22N4O2/c1-13-16(11-20-21-13)18(24)22-9-5-6-14(12-22)10-19-17(23)15-7-3-2-4-8-15/h2-4,7-8,11,14H,5-6,9-10,12H2,1H3,(H,19,23)(H,20,21)/t14-/m1/s1. The molecule has 126 valence electrons. The molecule has 1 saturated heterocycles. The van der Waals surface area contributed by atoms with Gasteiger partial charge in [0.15, 0.2) is 0 Å². The topological polar surface area (TPSA) is 78.1 Å². The van der Waals surface area contributed by atoms with E-state index in [0.717, 1.165) is 25.1 Å². The minimum absolute atomic E-state index is 0.0142. The number of H-pyrrole nitrogens is 1. The molecule has 6 nitrogen and oxygen atoms in total. The second-order valence-corrected chi connectivity index (χ2v) is 6.24. The summed E-state index contributed by atoms with van der Waals surface area (Å²) in [7, 11) is 0. The van der Waals surface area contributed by atoms with Crippen LogP contribution in [-0.4, -0.2) is 46.5 Å². The largest absolute Gasteiger partial charge is 0.352 e. The van der Waals surface area contributed by atoms with E-state index in [0.29, 0.717) is 24.2 Å². The molecule has 0 radical (unpaired) electrons. The zero-order valence-corrected chi connectivity index (χ0v) is 13.8. The lowest BCUT2D eigenvalue weighted by atomic mass is 9.97. The molecule has 2 heterocycles. The Morgan fingerprint density at radius 1 is 1.33 bits per heavy atom. The van der Waals surface area contributed by atoms with Gasteiger partial charge in [-0.25, -0.2) is 0 Å². The van der Waals surface area contributed by atoms with E-state index in [1.807, 2.05) is 30.0 Å². The van der Waals surface area contributed by atoms with Crippen molar-refractivity contribution in [3.63, 3.8) is 0 Å². The van der Waals surface area contributed by atoms with E-state index in [1.54, 1.807) is 18.3 Å². The number of aromatic nitrogens is 2. The fourth-order valence-corrected chi connectivity index (χ4v) is 3.08. The number of rotatable bonds is 4. The van der Waals surface area contributed by atoms with Gasteiger partial charge in [-0.1, -0.05) is 18.2 Å². The lowest BCUT2D eigenvalue weighted by Crippen LogP contribution is -2.43. The summed E-state index contributed by atoms with van der Waals surface area (Å²) < 4.78 is 0. The van der Waals surface area contributed by atoms with E-state index in [1.165, 1.54) is 0 Å². The van der Waals surface area contributed by atoms with Crippen LogP contribution in [-0.2, 0) is 0 Å². The molecular weight excluding hydrogens is 304 g/mol. The van der Waals surface area contributed by atoms with Gasteiger partial charge >= 0.3 is 0 Å². The highest BCUT2D eigenvalue weighted by atomic mass is 16.2. The van der Waals surface area contributed by atoms with Gasteiger partial charge in [-0.3, -0.25) is 14.7 Å². The molecule has 1 aliphatic rings. The Labute approximate surface area is 141 Å². The highest BCUT2D eigenvalue weighted by Crippen LogP contribution is 2.19. The Morgan fingerprint density at radius 3 is 2.83 bits per heavy atom. The van der Waals surface area contributed by atoms with E-state index < -0.39 is 0 Å². The average Bonchev–Trinajstić information content (AvgIpc) is 3.06. The van der Waals surface area contributed by atoms with E-state index in [4.69, 9.17) is 0 Å². The SMILES string of the molecule is Cc1[nH]ncc1C(=O)N1CCC[C@H](CNC(=O)c2ccccc2)C1. The van der Waals surface area contributed by atoms with Gasteiger partial charge < -0.3 is 10.2 Å². The first-order valence-electron chi connectivity index (χ1n) is 8.27. The first-order valence-corrected chi connectivity index (χ1v) is 8.27. The van der Waals surface area contributed by atoms with Crippen molar-refractivity contribution < 1.29 is 9.59 Å². The number of hydrogen-bond donors (Lipinski definition) is 2. The van der Waals surface area contributed by atoms with Crippen molar-refractivity contribution in [3.8, 4) is 0 Å².